The normalized spacial score (nSPS) is 55.4. The molecule has 7 N–H and O–H groups in total. The minimum atomic E-state index is -1.81. The fourth-order valence-corrected chi connectivity index (χ4v) is 12.2. The van der Waals surface area contributed by atoms with Gasteiger partial charge in [-0.15, -0.1) is 0 Å². The van der Waals surface area contributed by atoms with E-state index in [0.29, 0.717) is 32.1 Å². The Morgan fingerprint density at radius 2 is 1.34 bits per heavy atom. The Labute approximate surface area is 330 Å². The van der Waals surface area contributed by atoms with Gasteiger partial charge in [-0.1, -0.05) is 25.5 Å². The molecule has 0 bridgehead atoms. The molecule has 4 aliphatic carbocycles. The maximum atomic E-state index is 12.5. The topological polar surface area (TPSA) is 215 Å². The van der Waals surface area contributed by atoms with Crippen molar-refractivity contribution in [1.82, 2.24) is 0 Å². The van der Waals surface area contributed by atoms with Crippen molar-refractivity contribution in [1.29, 1.82) is 0 Å². The lowest BCUT2D eigenvalue weighted by molar-refractivity contribution is -0.338. The first kappa shape index (κ1) is 43.2. The van der Waals surface area contributed by atoms with E-state index in [4.69, 9.17) is 37.9 Å². The molecule has 7 rings (SSSR count). The summed E-state index contributed by atoms with van der Waals surface area (Å²) in [6.45, 7) is 10.7. The van der Waals surface area contributed by atoms with Crippen LogP contribution in [0.15, 0.2) is 11.6 Å². The quantitative estimate of drug-likeness (QED) is 0.165. The molecule has 322 valence electrons. The number of ether oxygens (including phenoxy) is 8. The highest BCUT2D eigenvalue weighted by molar-refractivity contribution is 5.36. The van der Waals surface area contributed by atoms with Crippen molar-refractivity contribution in [3.8, 4) is 0 Å². The zero-order chi connectivity index (χ0) is 40.7. The van der Waals surface area contributed by atoms with Crippen molar-refractivity contribution in [3.63, 3.8) is 0 Å². The minimum Gasteiger partial charge on any atom is -0.392 e. The van der Waals surface area contributed by atoms with Gasteiger partial charge in [-0.25, -0.2) is 0 Å². The van der Waals surface area contributed by atoms with Crippen LogP contribution in [0.2, 0.25) is 0 Å². The lowest BCUT2D eigenvalue weighted by Gasteiger charge is -2.67. The van der Waals surface area contributed by atoms with E-state index < -0.39 is 113 Å². The molecular weight excluding hydrogens is 732 g/mol. The molecule has 7 aliphatic rings. The van der Waals surface area contributed by atoms with E-state index in [1.807, 2.05) is 19.9 Å². The van der Waals surface area contributed by atoms with Crippen LogP contribution in [0.1, 0.15) is 106 Å². The zero-order valence-electron chi connectivity index (χ0n) is 34.3. The van der Waals surface area contributed by atoms with Crippen LogP contribution in [0.4, 0.5) is 0 Å². The van der Waals surface area contributed by atoms with Crippen LogP contribution in [-0.4, -0.2) is 159 Å². The van der Waals surface area contributed by atoms with Gasteiger partial charge in [0.1, 0.15) is 35.1 Å². The summed E-state index contributed by atoms with van der Waals surface area (Å²) in [5.41, 5.74) is -6.13. The second kappa shape index (κ2) is 15.6. The molecule has 15 heteroatoms. The zero-order valence-corrected chi connectivity index (χ0v) is 34.3. The fourth-order valence-electron chi connectivity index (χ4n) is 12.2. The minimum absolute atomic E-state index is 0.0648. The molecule has 3 saturated heterocycles. The third-order valence-electron chi connectivity index (χ3n) is 15.8. The van der Waals surface area contributed by atoms with Gasteiger partial charge < -0.3 is 73.6 Å². The lowest BCUT2D eigenvalue weighted by atomic mass is 9.42. The Hall–Kier alpha value is -0.860. The van der Waals surface area contributed by atoms with Gasteiger partial charge in [0, 0.05) is 39.4 Å². The van der Waals surface area contributed by atoms with Gasteiger partial charge in [0.05, 0.1) is 60.4 Å². The van der Waals surface area contributed by atoms with E-state index in [2.05, 4.69) is 6.92 Å². The monoisotopic (exact) mass is 800 g/mol. The maximum absolute atomic E-state index is 12.5. The summed E-state index contributed by atoms with van der Waals surface area (Å²) in [7, 11) is 3.16. The van der Waals surface area contributed by atoms with Gasteiger partial charge in [0.2, 0.25) is 0 Å². The standard InChI is InChI=1S/C41H68O15/c1-20-34(45)27(49-7)17-32(51-20)56-36-22(3)53-33(18-28(36)50-8)55-35-21(2)52-31(16-26(35)43)54-25-10-11-37(5)24(15-25)9-12-40(47)29(37)19-30(44)38(6)39(46,23(4)42)13-14-41(38,40)48/h9,20-23,25-36,42-48H,10-19H2,1-8H3/t20-,21+,22+,23-,25-,26-,27+,28-,29+,30+,31-,32-,33-,34-,35+,36+,37-,38+,39-,40-,41+/m0/s1. The molecular formula is C41H68O15. The number of aliphatic hydroxyl groups excluding tert-OH is 4. The Morgan fingerprint density at radius 1 is 0.750 bits per heavy atom. The van der Waals surface area contributed by atoms with Crippen LogP contribution in [-0.2, 0) is 37.9 Å². The van der Waals surface area contributed by atoms with E-state index >= 15 is 0 Å². The predicted molar refractivity (Wildman–Crippen MR) is 198 cm³/mol. The summed E-state index contributed by atoms with van der Waals surface area (Å²) in [6.07, 6.45) is -4.32. The fraction of sp³-hybridized carbons (Fsp3) is 0.951. The van der Waals surface area contributed by atoms with Gasteiger partial charge in [-0.2, -0.15) is 0 Å². The van der Waals surface area contributed by atoms with E-state index in [0.717, 1.165) is 5.57 Å². The summed E-state index contributed by atoms with van der Waals surface area (Å²) in [5.74, 6) is -0.475. The first-order valence-electron chi connectivity index (χ1n) is 20.8. The van der Waals surface area contributed by atoms with Crippen LogP contribution < -0.4 is 0 Å². The maximum Gasteiger partial charge on any atom is 0.161 e. The Kier molecular flexibility index (Phi) is 12.0. The molecule has 0 radical (unpaired) electrons. The molecule has 0 aromatic heterocycles. The number of fused-ring (bicyclic) bond motifs is 5. The third kappa shape index (κ3) is 6.67. The van der Waals surface area contributed by atoms with Crippen molar-refractivity contribution >= 4 is 0 Å². The van der Waals surface area contributed by atoms with Gasteiger partial charge in [0.25, 0.3) is 0 Å². The van der Waals surface area contributed by atoms with E-state index in [1.54, 1.807) is 28.1 Å². The van der Waals surface area contributed by atoms with Gasteiger partial charge in [-0.3, -0.25) is 0 Å². The average Bonchev–Trinajstić information content (AvgIpc) is 3.38. The highest BCUT2D eigenvalue weighted by Gasteiger charge is 2.80. The number of hydrogen-bond donors (Lipinski definition) is 7. The van der Waals surface area contributed by atoms with Crippen molar-refractivity contribution in [2.45, 2.75) is 215 Å². The van der Waals surface area contributed by atoms with Crippen LogP contribution in [0, 0.1) is 16.7 Å². The highest BCUT2D eigenvalue weighted by Crippen LogP contribution is 2.70. The Balaban J connectivity index is 0.950. The molecule has 56 heavy (non-hydrogen) atoms. The van der Waals surface area contributed by atoms with Crippen molar-refractivity contribution in [2.24, 2.45) is 16.7 Å². The summed E-state index contributed by atoms with van der Waals surface area (Å²) in [4.78, 5) is 0. The SMILES string of the molecule is CO[C@H]1C[C@H](O[C@H]2[C@@H](O)C[C@H](O[C@H]3CC[C@@]4(C)C(=CC[C@]5(O)[C@@H]4C[C@@H](O)[C@@]4(C)[C@]5(O)CC[C@]4(O)[C@H](C)O)C3)O[C@@H]2C)O[C@H](C)[C@H]1O[C@H]1C[C@@H](OC)[C@@H](O)[C@H](C)O1. The van der Waals surface area contributed by atoms with Crippen LogP contribution >= 0.6 is 0 Å². The van der Waals surface area contributed by atoms with Crippen LogP contribution in [0.5, 0.6) is 0 Å². The molecule has 21 atom stereocenters. The Bertz CT molecular complexity index is 1420. The van der Waals surface area contributed by atoms with Crippen molar-refractivity contribution in [2.75, 3.05) is 14.2 Å². The molecule has 0 unspecified atom stereocenters. The molecule has 0 amide bonds. The van der Waals surface area contributed by atoms with Crippen LogP contribution in [0.25, 0.3) is 0 Å². The summed E-state index contributed by atoms with van der Waals surface area (Å²) < 4.78 is 48.9. The number of aliphatic hydroxyl groups is 7. The largest absolute Gasteiger partial charge is 0.392 e. The highest BCUT2D eigenvalue weighted by atomic mass is 16.7. The van der Waals surface area contributed by atoms with Gasteiger partial charge >= 0.3 is 0 Å². The Morgan fingerprint density at radius 3 is 1.96 bits per heavy atom. The molecule has 0 aromatic carbocycles. The second-order valence-corrected chi connectivity index (χ2v) is 18.6. The van der Waals surface area contributed by atoms with Gasteiger partial charge in [0.15, 0.2) is 18.9 Å². The molecule has 0 aromatic rings. The lowest BCUT2D eigenvalue weighted by Crippen LogP contribution is -2.78. The number of hydrogen-bond acceptors (Lipinski definition) is 15. The van der Waals surface area contributed by atoms with E-state index in [1.165, 1.54) is 6.92 Å². The molecule has 3 heterocycles. The summed E-state index contributed by atoms with van der Waals surface area (Å²) in [6, 6.07) is 0. The molecule has 3 saturated carbocycles. The summed E-state index contributed by atoms with van der Waals surface area (Å²) in [5, 5.41) is 80.4. The van der Waals surface area contributed by atoms with E-state index in [9.17, 15) is 35.7 Å². The van der Waals surface area contributed by atoms with E-state index in [-0.39, 0.29) is 44.3 Å². The number of methoxy groups -OCH3 is 2. The molecule has 6 fully saturated rings. The molecule has 15 nitrogen and oxygen atoms in total. The first-order chi connectivity index (χ1) is 26.3. The first-order valence-corrected chi connectivity index (χ1v) is 20.8. The second-order valence-electron chi connectivity index (χ2n) is 18.6. The molecule has 0 spiro atoms. The smallest absolute Gasteiger partial charge is 0.161 e. The van der Waals surface area contributed by atoms with Crippen molar-refractivity contribution in [3.05, 3.63) is 11.6 Å². The van der Waals surface area contributed by atoms with Crippen LogP contribution in [0.3, 0.4) is 0 Å². The molecule has 3 aliphatic heterocycles. The average molecular weight is 801 g/mol. The predicted octanol–water partition coefficient (Wildman–Crippen LogP) is 1.57. The van der Waals surface area contributed by atoms with Crippen molar-refractivity contribution < 1.29 is 73.6 Å². The summed E-state index contributed by atoms with van der Waals surface area (Å²) >= 11 is 0. The number of rotatable bonds is 9. The van der Waals surface area contributed by atoms with Gasteiger partial charge in [-0.05, 0) is 78.1 Å². The third-order valence-corrected chi connectivity index (χ3v) is 15.8.